The van der Waals surface area contributed by atoms with E-state index in [0.717, 1.165) is 5.56 Å². The molecule has 1 atom stereocenters. The minimum Gasteiger partial charge on any atom is -0.508 e. The summed E-state index contributed by atoms with van der Waals surface area (Å²) in [5.41, 5.74) is 1.14. The van der Waals surface area contributed by atoms with Crippen molar-refractivity contribution in [3.05, 3.63) is 52.3 Å². The molecule has 0 saturated heterocycles. The summed E-state index contributed by atoms with van der Waals surface area (Å²) in [5, 5.41) is 26.5. The molecule has 0 bridgehead atoms. The number of β-amino-alcohol motifs (C(OH)–C–C–N with tert-alkyl or cyclic N) is 1. The van der Waals surface area contributed by atoms with Crippen LogP contribution in [-0.2, 0) is 11.2 Å². The second kappa shape index (κ2) is 9.17. The molecule has 0 radical (unpaired) electrons. The number of phenols is 1. The number of ether oxygens (including phenoxy) is 1. The molecule has 3 rings (SSSR count). The van der Waals surface area contributed by atoms with Crippen LogP contribution in [0.4, 0.5) is 10.1 Å². The summed E-state index contributed by atoms with van der Waals surface area (Å²) in [4.78, 5) is 11.5. The van der Waals surface area contributed by atoms with Crippen LogP contribution in [0.15, 0.2) is 30.3 Å². The first kappa shape index (κ1) is 23.2. The van der Waals surface area contributed by atoms with E-state index >= 15 is 0 Å². The van der Waals surface area contributed by atoms with Gasteiger partial charge in [-0.25, -0.2) is 4.39 Å². The molecule has 1 unspecified atom stereocenters. The molecule has 4 N–H and O–H groups in total. The summed E-state index contributed by atoms with van der Waals surface area (Å²) in [6.45, 7) is 3.92. The number of hydrogen-bond donors (Lipinski definition) is 4. The highest BCUT2D eigenvalue weighted by molar-refractivity contribution is 6.30. The van der Waals surface area contributed by atoms with Crippen molar-refractivity contribution in [2.45, 2.75) is 31.9 Å². The van der Waals surface area contributed by atoms with Crippen LogP contribution in [0.1, 0.15) is 31.1 Å². The van der Waals surface area contributed by atoms with E-state index in [9.17, 15) is 19.4 Å². The summed E-state index contributed by atoms with van der Waals surface area (Å²) >= 11 is 5.84. The Bertz CT molecular complexity index is 908. The van der Waals surface area contributed by atoms with Gasteiger partial charge in [0.15, 0.2) is 6.61 Å². The lowest BCUT2D eigenvalue weighted by Gasteiger charge is -2.29. The monoisotopic (exact) mass is 444 g/mol. The largest absolute Gasteiger partial charge is 0.508 e. The number of fused-ring (bicyclic) bond motifs is 1. The molecule has 1 heterocycles. The zero-order chi connectivity index (χ0) is 20.5. The van der Waals surface area contributed by atoms with Gasteiger partial charge in [-0.15, -0.1) is 12.4 Å². The van der Waals surface area contributed by atoms with E-state index in [2.05, 4.69) is 10.6 Å². The number of anilines is 1. The molecule has 2 aromatic carbocycles. The first-order valence-corrected chi connectivity index (χ1v) is 9.19. The number of carbonyl (C=O) groups is 1. The van der Waals surface area contributed by atoms with Gasteiger partial charge in [-0.2, -0.15) is 0 Å². The van der Waals surface area contributed by atoms with E-state index < -0.39 is 17.5 Å². The number of aliphatic hydroxyl groups excluding tert-OH is 1. The average molecular weight is 445 g/mol. The van der Waals surface area contributed by atoms with Crippen molar-refractivity contribution < 1.29 is 24.1 Å². The Hall–Kier alpha value is -2.06. The number of benzene rings is 2. The van der Waals surface area contributed by atoms with Crippen molar-refractivity contribution in [2.24, 2.45) is 0 Å². The Morgan fingerprint density at radius 3 is 2.76 bits per heavy atom. The SMILES string of the molecule is CC(C)(Cc1ccc(F)c(Cl)c1)NCC(O)c1cc(O)cc2c1OCC(=O)N2.Cl. The molecule has 29 heavy (non-hydrogen) atoms. The first-order chi connectivity index (χ1) is 13.1. The van der Waals surface area contributed by atoms with Gasteiger partial charge in [-0.05, 0) is 44.0 Å². The number of phenolic OH excluding ortho intramolecular Hbond substituents is 1. The lowest BCUT2D eigenvalue weighted by atomic mass is 9.94. The molecular formula is C20H23Cl2FN2O4. The first-order valence-electron chi connectivity index (χ1n) is 8.81. The van der Waals surface area contributed by atoms with Gasteiger partial charge in [-0.1, -0.05) is 17.7 Å². The Morgan fingerprint density at radius 1 is 1.34 bits per heavy atom. The van der Waals surface area contributed by atoms with E-state index in [1.807, 2.05) is 13.8 Å². The van der Waals surface area contributed by atoms with Gasteiger partial charge >= 0.3 is 0 Å². The topological polar surface area (TPSA) is 90.8 Å². The zero-order valence-electron chi connectivity index (χ0n) is 16.0. The standard InChI is InChI=1S/C20H22ClFN2O4.ClH/c1-20(2,8-11-3-4-15(22)14(21)5-11)23-9-17(26)13-6-12(25)7-16-19(13)28-10-18(27)24-16;/h3-7,17,23,25-26H,8-10H2,1-2H3,(H,24,27);1H. The Kier molecular flexibility index (Phi) is 7.35. The highest BCUT2D eigenvalue weighted by atomic mass is 35.5. The van der Waals surface area contributed by atoms with Gasteiger partial charge in [-0.3, -0.25) is 4.79 Å². The van der Waals surface area contributed by atoms with Gasteiger partial charge in [0, 0.05) is 23.7 Å². The molecule has 1 aliphatic heterocycles. The third-order valence-electron chi connectivity index (χ3n) is 4.49. The van der Waals surface area contributed by atoms with E-state index in [1.165, 1.54) is 18.2 Å². The molecule has 6 nitrogen and oxygen atoms in total. The number of nitrogens with one attached hydrogen (secondary N) is 2. The second-order valence-corrected chi connectivity index (χ2v) is 7.86. The summed E-state index contributed by atoms with van der Waals surface area (Å²) in [7, 11) is 0. The van der Waals surface area contributed by atoms with Crippen molar-refractivity contribution in [1.82, 2.24) is 5.32 Å². The molecule has 0 aromatic heterocycles. The van der Waals surface area contributed by atoms with Crippen molar-refractivity contribution in [1.29, 1.82) is 0 Å². The fourth-order valence-electron chi connectivity index (χ4n) is 3.17. The quantitative estimate of drug-likeness (QED) is 0.546. The van der Waals surface area contributed by atoms with Gasteiger partial charge in [0.25, 0.3) is 5.91 Å². The Labute approximate surface area is 179 Å². The van der Waals surface area contributed by atoms with Gasteiger partial charge < -0.3 is 25.6 Å². The summed E-state index contributed by atoms with van der Waals surface area (Å²) < 4.78 is 18.8. The Balaban J connectivity index is 0.00000300. The van der Waals surface area contributed by atoms with Crippen LogP contribution in [0, 0.1) is 5.82 Å². The number of amides is 1. The number of aromatic hydroxyl groups is 1. The second-order valence-electron chi connectivity index (χ2n) is 7.45. The fourth-order valence-corrected chi connectivity index (χ4v) is 3.37. The smallest absolute Gasteiger partial charge is 0.262 e. The summed E-state index contributed by atoms with van der Waals surface area (Å²) in [5.74, 6) is -0.531. The number of halogens is 3. The maximum absolute atomic E-state index is 13.3. The van der Waals surface area contributed by atoms with Crippen LogP contribution in [0.2, 0.25) is 5.02 Å². The van der Waals surface area contributed by atoms with E-state index in [1.54, 1.807) is 12.1 Å². The van der Waals surface area contributed by atoms with E-state index in [-0.39, 0.29) is 42.2 Å². The third-order valence-corrected chi connectivity index (χ3v) is 4.78. The van der Waals surface area contributed by atoms with Gasteiger partial charge in [0.05, 0.1) is 16.8 Å². The molecule has 0 aliphatic carbocycles. The van der Waals surface area contributed by atoms with Crippen molar-refractivity contribution in [2.75, 3.05) is 18.5 Å². The number of carbonyl (C=O) groups excluding carboxylic acids is 1. The zero-order valence-corrected chi connectivity index (χ0v) is 17.5. The van der Waals surface area contributed by atoms with Crippen LogP contribution in [0.5, 0.6) is 11.5 Å². The van der Waals surface area contributed by atoms with Crippen molar-refractivity contribution in [3.8, 4) is 11.5 Å². The Morgan fingerprint density at radius 2 is 2.07 bits per heavy atom. The number of aliphatic hydroxyl groups is 1. The number of hydrogen-bond acceptors (Lipinski definition) is 5. The maximum Gasteiger partial charge on any atom is 0.262 e. The van der Waals surface area contributed by atoms with Crippen molar-refractivity contribution >= 4 is 35.6 Å². The van der Waals surface area contributed by atoms with Gasteiger partial charge in [0.1, 0.15) is 17.3 Å². The molecule has 0 fully saturated rings. The minimum atomic E-state index is -0.980. The lowest BCUT2D eigenvalue weighted by Crippen LogP contribution is -2.43. The lowest BCUT2D eigenvalue weighted by molar-refractivity contribution is -0.118. The molecule has 1 amide bonds. The fraction of sp³-hybridized carbons (Fsp3) is 0.350. The molecule has 9 heteroatoms. The minimum absolute atomic E-state index is 0. The van der Waals surface area contributed by atoms with Crippen LogP contribution in [-0.4, -0.2) is 34.8 Å². The van der Waals surface area contributed by atoms with Crippen LogP contribution < -0.4 is 15.4 Å². The molecule has 0 saturated carbocycles. The van der Waals surface area contributed by atoms with Crippen LogP contribution in [0.3, 0.4) is 0 Å². The molecule has 2 aromatic rings. The van der Waals surface area contributed by atoms with Crippen LogP contribution >= 0.6 is 24.0 Å². The predicted octanol–water partition coefficient (Wildman–Crippen LogP) is 3.58. The predicted molar refractivity (Wildman–Crippen MR) is 112 cm³/mol. The molecule has 0 spiro atoms. The number of rotatable bonds is 6. The maximum atomic E-state index is 13.3. The molecular weight excluding hydrogens is 422 g/mol. The van der Waals surface area contributed by atoms with E-state index in [0.29, 0.717) is 23.4 Å². The summed E-state index contributed by atoms with van der Waals surface area (Å²) in [6.07, 6.45) is -0.420. The van der Waals surface area contributed by atoms with Crippen molar-refractivity contribution in [3.63, 3.8) is 0 Å². The normalized spacial score (nSPS) is 14.3. The van der Waals surface area contributed by atoms with Crippen LogP contribution in [0.25, 0.3) is 0 Å². The average Bonchev–Trinajstić information content (AvgIpc) is 2.61. The summed E-state index contributed by atoms with van der Waals surface area (Å²) in [6, 6.07) is 7.36. The third kappa shape index (κ3) is 5.73. The molecule has 1 aliphatic rings. The highest BCUT2D eigenvalue weighted by Crippen LogP contribution is 2.38. The van der Waals surface area contributed by atoms with E-state index in [4.69, 9.17) is 16.3 Å². The van der Waals surface area contributed by atoms with Gasteiger partial charge in [0.2, 0.25) is 0 Å². The highest BCUT2D eigenvalue weighted by Gasteiger charge is 2.26. The molecule has 158 valence electrons.